The minimum absolute atomic E-state index is 0.00762. The minimum atomic E-state index is -1.05. The largest absolute Gasteiger partial charge is 0.479 e. The number of aliphatic carboxylic acids is 1. The number of hydrogen-bond donors (Lipinski definition) is 2. The predicted octanol–water partition coefficient (Wildman–Crippen LogP) is 4.55. The van der Waals surface area contributed by atoms with E-state index in [1.165, 1.54) is 11.1 Å². The molecule has 2 aliphatic carbocycles. The van der Waals surface area contributed by atoms with Gasteiger partial charge in [-0.3, -0.25) is 4.79 Å². The number of fused-ring (bicyclic) bond motifs is 6. The molecule has 2 N–H and O–H groups in total. The van der Waals surface area contributed by atoms with Crippen LogP contribution in [0, 0.1) is 5.92 Å². The lowest BCUT2D eigenvalue weighted by molar-refractivity contribution is -0.170. The fourth-order valence-corrected chi connectivity index (χ4v) is 6.10. The number of carboxylic acids is 1. The van der Waals surface area contributed by atoms with Gasteiger partial charge in [0.2, 0.25) is 5.91 Å². The Bertz CT molecular complexity index is 1090. The molecule has 0 aromatic heterocycles. The molecule has 0 spiro atoms. The zero-order valence-electron chi connectivity index (χ0n) is 20.0. The second-order valence-electron chi connectivity index (χ2n) is 10.2. The van der Waals surface area contributed by atoms with E-state index in [1.54, 1.807) is 4.90 Å². The van der Waals surface area contributed by atoms with Crippen molar-refractivity contribution in [1.29, 1.82) is 0 Å². The number of nitrogens with zero attached hydrogens (tertiary/aromatic N) is 1. The van der Waals surface area contributed by atoms with Crippen LogP contribution in [-0.4, -0.2) is 52.7 Å². The summed E-state index contributed by atoms with van der Waals surface area (Å²) in [5.41, 5.74) is 3.62. The van der Waals surface area contributed by atoms with E-state index in [0.717, 1.165) is 24.0 Å². The molecule has 1 saturated carbocycles. The van der Waals surface area contributed by atoms with Crippen LogP contribution in [0.4, 0.5) is 4.79 Å². The van der Waals surface area contributed by atoms with E-state index in [0.29, 0.717) is 31.7 Å². The lowest BCUT2D eigenvalue weighted by atomic mass is 9.70. The van der Waals surface area contributed by atoms with Crippen molar-refractivity contribution >= 4 is 18.0 Å². The monoisotopic (exact) mass is 476 g/mol. The summed E-state index contributed by atoms with van der Waals surface area (Å²) >= 11 is 0. The van der Waals surface area contributed by atoms with Crippen LogP contribution >= 0.6 is 0 Å². The number of amides is 2. The van der Waals surface area contributed by atoms with Gasteiger partial charge in [-0.2, -0.15) is 0 Å². The molecule has 184 valence electrons. The molecule has 7 nitrogen and oxygen atoms in total. The van der Waals surface area contributed by atoms with E-state index in [4.69, 9.17) is 4.74 Å². The van der Waals surface area contributed by atoms with Gasteiger partial charge >= 0.3 is 12.1 Å². The molecule has 2 aromatic carbocycles. The number of rotatable bonds is 7. The van der Waals surface area contributed by atoms with Crippen molar-refractivity contribution in [2.45, 2.75) is 62.9 Å². The average Bonchev–Trinajstić information content (AvgIpc) is 3.20. The van der Waals surface area contributed by atoms with Gasteiger partial charge in [-0.1, -0.05) is 48.5 Å². The summed E-state index contributed by atoms with van der Waals surface area (Å²) in [6.45, 7) is 2.60. The number of carbonyl (C=O) groups excluding carboxylic acids is 2. The number of benzene rings is 2. The van der Waals surface area contributed by atoms with Crippen LogP contribution in [0.2, 0.25) is 0 Å². The van der Waals surface area contributed by atoms with Crippen LogP contribution < -0.4 is 5.32 Å². The maximum atomic E-state index is 12.9. The molecule has 2 heterocycles. The number of alkyl carbamates (subject to hydrolysis) is 1. The summed E-state index contributed by atoms with van der Waals surface area (Å²) in [6, 6.07) is 16.1. The maximum absolute atomic E-state index is 12.9. The normalized spacial score (nSPS) is 23.3. The van der Waals surface area contributed by atoms with E-state index >= 15 is 0 Å². The van der Waals surface area contributed by atoms with Crippen molar-refractivity contribution in [3.8, 4) is 11.1 Å². The first-order valence-corrected chi connectivity index (χ1v) is 12.5. The van der Waals surface area contributed by atoms with E-state index in [1.807, 2.05) is 31.2 Å². The Labute approximate surface area is 205 Å². The van der Waals surface area contributed by atoms with Crippen LogP contribution in [0.1, 0.15) is 62.5 Å². The Kier molecular flexibility index (Phi) is 6.26. The quantitative estimate of drug-likeness (QED) is 0.611. The van der Waals surface area contributed by atoms with Crippen LogP contribution in [-0.2, 0) is 14.3 Å². The zero-order chi connectivity index (χ0) is 24.6. The summed E-state index contributed by atoms with van der Waals surface area (Å²) in [6.07, 6.45) is 2.93. The van der Waals surface area contributed by atoms with E-state index in [9.17, 15) is 19.5 Å². The third-order valence-corrected chi connectivity index (χ3v) is 8.09. The number of piperidine rings is 2. The molecule has 0 radical (unpaired) electrons. The first-order valence-electron chi connectivity index (χ1n) is 12.5. The second-order valence-corrected chi connectivity index (χ2v) is 10.2. The molecule has 1 atom stereocenters. The molecule has 2 amide bonds. The predicted molar refractivity (Wildman–Crippen MR) is 131 cm³/mol. The first-order chi connectivity index (χ1) is 16.9. The van der Waals surface area contributed by atoms with Crippen LogP contribution in [0.5, 0.6) is 0 Å². The van der Waals surface area contributed by atoms with Gasteiger partial charge in [0, 0.05) is 24.9 Å². The Morgan fingerprint density at radius 3 is 2.26 bits per heavy atom. The third-order valence-electron chi connectivity index (χ3n) is 8.09. The highest BCUT2D eigenvalue weighted by molar-refractivity contribution is 5.88. The minimum Gasteiger partial charge on any atom is -0.479 e. The van der Waals surface area contributed by atoms with Gasteiger partial charge in [0.05, 0.1) is 0 Å². The molecular weight excluding hydrogens is 444 g/mol. The number of ether oxygens (including phenoxy) is 1. The highest BCUT2D eigenvalue weighted by Crippen LogP contribution is 2.45. The molecular formula is C28H32N2O5. The summed E-state index contributed by atoms with van der Waals surface area (Å²) < 4.78 is 5.60. The average molecular weight is 477 g/mol. The SMILES string of the molecule is CC(CCC(=O)N1CC2CCC1(C(=O)O)CC2)NC(=O)OCC1c2ccccc2-c2ccccc21. The number of nitrogens with one attached hydrogen (secondary N) is 1. The highest BCUT2D eigenvalue weighted by Gasteiger charge is 2.53. The Morgan fingerprint density at radius 1 is 1.06 bits per heavy atom. The second kappa shape index (κ2) is 9.36. The lowest BCUT2D eigenvalue weighted by Gasteiger charge is -2.52. The van der Waals surface area contributed by atoms with Gasteiger partial charge in [0.25, 0.3) is 0 Å². The van der Waals surface area contributed by atoms with Gasteiger partial charge in [0.1, 0.15) is 12.1 Å². The topological polar surface area (TPSA) is 95.9 Å². The molecule has 2 bridgehead atoms. The standard InChI is InChI=1S/C28H32N2O5/c1-18(10-11-25(31)30-16-19-12-14-28(30,15-13-19)26(32)33)29-27(34)35-17-24-22-8-4-2-6-20(22)21-7-3-5-9-23(21)24/h2-9,18-19,24H,10-17H2,1H3,(H,29,34)(H,32,33). The summed E-state index contributed by atoms with van der Waals surface area (Å²) in [7, 11) is 0. The van der Waals surface area contributed by atoms with Crippen molar-refractivity contribution in [3.05, 3.63) is 59.7 Å². The smallest absolute Gasteiger partial charge is 0.407 e. The summed E-state index contributed by atoms with van der Waals surface area (Å²) in [5, 5.41) is 12.7. The first kappa shape index (κ1) is 23.4. The fourth-order valence-electron chi connectivity index (χ4n) is 6.10. The van der Waals surface area contributed by atoms with Crippen molar-refractivity contribution < 1.29 is 24.2 Å². The van der Waals surface area contributed by atoms with E-state index in [2.05, 4.69) is 29.6 Å². The number of carboxylic acid groups (broad SMARTS) is 1. The van der Waals surface area contributed by atoms with Gasteiger partial charge in [0.15, 0.2) is 0 Å². The van der Waals surface area contributed by atoms with Crippen molar-refractivity contribution in [2.24, 2.45) is 5.92 Å². The molecule has 7 heteroatoms. The Hall–Kier alpha value is -3.35. The van der Waals surface area contributed by atoms with Gasteiger partial charge in [-0.05, 0) is 67.2 Å². The summed E-state index contributed by atoms with van der Waals surface area (Å²) in [5.74, 6) is -0.643. The summed E-state index contributed by atoms with van der Waals surface area (Å²) in [4.78, 5) is 39.0. The highest BCUT2D eigenvalue weighted by atomic mass is 16.5. The lowest BCUT2D eigenvalue weighted by Crippen LogP contribution is -2.64. The molecule has 3 fully saturated rings. The van der Waals surface area contributed by atoms with E-state index in [-0.39, 0.29) is 30.9 Å². The number of carbonyl (C=O) groups is 3. The molecule has 2 aliphatic heterocycles. The zero-order valence-corrected chi connectivity index (χ0v) is 20.0. The van der Waals surface area contributed by atoms with Gasteiger partial charge < -0.3 is 20.1 Å². The molecule has 35 heavy (non-hydrogen) atoms. The van der Waals surface area contributed by atoms with Gasteiger partial charge in [-0.15, -0.1) is 0 Å². The van der Waals surface area contributed by atoms with Crippen LogP contribution in [0.15, 0.2) is 48.5 Å². The van der Waals surface area contributed by atoms with Crippen molar-refractivity contribution in [1.82, 2.24) is 10.2 Å². The number of hydrogen-bond acceptors (Lipinski definition) is 4. The van der Waals surface area contributed by atoms with E-state index < -0.39 is 17.6 Å². The maximum Gasteiger partial charge on any atom is 0.407 e. The molecule has 1 unspecified atom stereocenters. The van der Waals surface area contributed by atoms with Crippen molar-refractivity contribution in [2.75, 3.05) is 13.2 Å². The van der Waals surface area contributed by atoms with Gasteiger partial charge in [-0.25, -0.2) is 9.59 Å². The fraction of sp³-hybridized carbons (Fsp3) is 0.464. The molecule has 6 rings (SSSR count). The Morgan fingerprint density at radius 2 is 1.66 bits per heavy atom. The van der Waals surface area contributed by atoms with Crippen molar-refractivity contribution in [3.63, 3.8) is 0 Å². The Balaban J connectivity index is 1.13. The van der Waals surface area contributed by atoms with Crippen LogP contribution in [0.3, 0.4) is 0 Å². The third kappa shape index (κ3) is 4.28. The molecule has 2 saturated heterocycles. The molecule has 4 aliphatic rings. The van der Waals surface area contributed by atoms with Crippen LogP contribution in [0.25, 0.3) is 11.1 Å². The molecule has 2 aromatic rings.